The van der Waals surface area contributed by atoms with Crippen LogP contribution in [0.4, 0.5) is 5.00 Å². The number of thiophene rings is 1. The van der Waals surface area contributed by atoms with Crippen molar-refractivity contribution in [2.75, 3.05) is 0 Å². The smallest absolute Gasteiger partial charge is 0.267 e. The molecule has 19 heavy (non-hydrogen) atoms. The molecule has 0 saturated carbocycles. The average Bonchev–Trinajstić information content (AvgIpc) is 2.89. The van der Waals surface area contributed by atoms with Crippen molar-refractivity contribution in [3.05, 3.63) is 57.2 Å². The van der Waals surface area contributed by atoms with Gasteiger partial charge in [-0.15, -0.1) is 0 Å². The fraction of sp³-hybridized carbons (Fsp3) is 0. The van der Waals surface area contributed by atoms with Gasteiger partial charge >= 0.3 is 5.00 Å². The van der Waals surface area contributed by atoms with Crippen LogP contribution < -0.4 is 5.43 Å². The van der Waals surface area contributed by atoms with Crippen molar-refractivity contribution in [1.82, 2.24) is 10.4 Å². The Morgan fingerprint density at radius 1 is 1.47 bits per heavy atom. The van der Waals surface area contributed by atoms with Gasteiger partial charge in [0.2, 0.25) is 0 Å². The molecule has 0 fully saturated rings. The molecule has 0 spiro atoms. The number of nitrogens with one attached hydrogen (secondary N) is 1. The van der Waals surface area contributed by atoms with Crippen LogP contribution in [-0.4, -0.2) is 22.0 Å². The first-order valence-electron chi connectivity index (χ1n) is 5.14. The van der Waals surface area contributed by atoms with Crippen LogP contribution in [0.3, 0.4) is 0 Å². The molecule has 0 radical (unpaired) electrons. The molecule has 1 amide bonds. The minimum atomic E-state index is -0.476. The van der Waals surface area contributed by atoms with E-state index in [4.69, 9.17) is 0 Å². The summed E-state index contributed by atoms with van der Waals surface area (Å²) in [7, 11) is 0. The molecule has 0 aliphatic carbocycles. The maximum absolute atomic E-state index is 11.6. The van der Waals surface area contributed by atoms with E-state index in [1.165, 1.54) is 18.5 Å². The standard InChI is InChI=1S/C11H8N4O3S/c16-11(8-2-1-5-12-6-8)14-13-7-9-3-4-10(19-9)15(17)18/h1-7H,(H,14,16). The first-order chi connectivity index (χ1) is 9.16. The summed E-state index contributed by atoms with van der Waals surface area (Å²) >= 11 is 0.976. The van der Waals surface area contributed by atoms with Crippen LogP contribution in [-0.2, 0) is 0 Å². The summed E-state index contributed by atoms with van der Waals surface area (Å²) in [4.78, 5) is 26.0. The number of hydrogen-bond donors (Lipinski definition) is 1. The fourth-order valence-electron chi connectivity index (χ4n) is 1.23. The van der Waals surface area contributed by atoms with Crippen LogP contribution >= 0.6 is 11.3 Å². The van der Waals surface area contributed by atoms with E-state index in [0.29, 0.717) is 10.4 Å². The van der Waals surface area contributed by atoms with E-state index in [2.05, 4.69) is 15.5 Å². The second-order valence-electron chi connectivity index (χ2n) is 3.37. The molecule has 2 aromatic rings. The van der Waals surface area contributed by atoms with Gasteiger partial charge in [-0.3, -0.25) is 19.9 Å². The van der Waals surface area contributed by atoms with E-state index in [9.17, 15) is 14.9 Å². The highest BCUT2D eigenvalue weighted by atomic mass is 32.1. The van der Waals surface area contributed by atoms with Gasteiger partial charge < -0.3 is 0 Å². The van der Waals surface area contributed by atoms with E-state index in [0.717, 1.165) is 11.3 Å². The number of aromatic nitrogens is 1. The van der Waals surface area contributed by atoms with Gasteiger partial charge in [-0.1, -0.05) is 11.3 Å². The summed E-state index contributed by atoms with van der Waals surface area (Å²) in [5.41, 5.74) is 2.70. The average molecular weight is 276 g/mol. The molecule has 0 atom stereocenters. The van der Waals surface area contributed by atoms with Crippen LogP contribution in [0.1, 0.15) is 15.2 Å². The molecule has 2 heterocycles. The monoisotopic (exact) mass is 276 g/mol. The van der Waals surface area contributed by atoms with Gasteiger partial charge in [0.1, 0.15) is 0 Å². The first kappa shape index (κ1) is 12.8. The molecule has 0 unspecified atom stereocenters. The third-order valence-electron chi connectivity index (χ3n) is 2.07. The molecular formula is C11H8N4O3S. The van der Waals surface area contributed by atoms with Gasteiger partial charge in [-0.2, -0.15) is 5.10 Å². The summed E-state index contributed by atoms with van der Waals surface area (Å²) in [6, 6.07) is 6.19. The fourth-order valence-corrected chi connectivity index (χ4v) is 1.92. The number of carbonyl (C=O) groups excluding carboxylic acids is 1. The molecule has 2 rings (SSSR count). The Hall–Kier alpha value is -2.61. The number of pyridine rings is 1. The SMILES string of the molecule is O=C(NN=Cc1ccc([N+](=O)[O-])s1)c1cccnc1. The van der Waals surface area contributed by atoms with Crippen molar-refractivity contribution in [1.29, 1.82) is 0 Å². The zero-order valence-corrected chi connectivity index (χ0v) is 10.3. The predicted molar refractivity (Wildman–Crippen MR) is 70.3 cm³/mol. The zero-order valence-electron chi connectivity index (χ0n) is 9.52. The van der Waals surface area contributed by atoms with Crippen LogP contribution in [0.25, 0.3) is 0 Å². The van der Waals surface area contributed by atoms with E-state index < -0.39 is 10.8 Å². The van der Waals surface area contributed by atoms with Crippen LogP contribution in [0, 0.1) is 10.1 Å². The van der Waals surface area contributed by atoms with Crippen molar-refractivity contribution in [3.8, 4) is 0 Å². The summed E-state index contributed by atoms with van der Waals surface area (Å²) < 4.78 is 0. The van der Waals surface area contributed by atoms with Crippen LogP contribution in [0.2, 0.25) is 0 Å². The van der Waals surface area contributed by atoms with Crippen molar-refractivity contribution in [2.45, 2.75) is 0 Å². The second kappa shape index (κ2) is 5.83. The van der Waals surface area contributed by atoms with Gasteiger partial charge in [0.25, 0.3) is 5.91 Å². The lowest BCUT2D eigenvalue weighted by Crippen LogP contribution is -2.17. The van der Waals surface area contributed by atoms with Crippen molar-refractivity contribution in [2.24, 2.45) is 5.10 Å². The van der Waals surface area contributed by atoms with Gasteiger partial charge in [-0.25, -0.2) is 5.43 Å². The molecule has 0 bridgehead atoms. The lowest BCUT2D eigenvalue weighted by atomic mass is 10.3. The Morgan fingerprint density at radius 3 is 2.95 bits per heavy atom. The third kappa shape index (κ3) is 3.42. The highest BCUT2D eigenvalue weighted by molar-refractivity contribution is 7.16. The highest BCUT2D eigenvalue weighted by Crippen LogP contribution is 2.22. The molecule has 0 aromatic carbocycles. The Kier molecular flexibility index (Phi) is 3.94. The highest BCUT2D eigenvalue weighted by Gasteiger charge is 2.08. The summed E-state index contributed by atoms with van der Waals surface area (Å²) in [5, 5.41) is 14.2. The lowest BCUT2D eigenvalue weighted by Gasteiger charge is -1.97. The minimum Gasteiger partial charge on any atom is -0.267 e. The van der Waals surface area contributed by atoms with Crippen molar-refractivity contribution >= 4 is 28.5 Å². The molecule has 0 aliphatic heterocycles. The molecule has 8 heteroatoms. The number of nitrogens with zero attached hydrogens (tertiary/aromatic N) is 3. The van der Waals surface area contributed by atoms with Crippen LogP contribution in [0.5, 0.6) is 0 Å². The largest absolute Gasteiger partial charge is 0.324 e. The molecular weight excluding hydrogens is 268 g/mol. The molecule has 0 aliphatic rings. The quantitative estimate of drug-likeness (QED) is 0.523. The van der Waals surface area contributed by atoms with Gasteiger partial charge in [0, 0.05) is 18.5 Å². The predicted octanol–water partition coefficient (Wildman–Crippen LogP) is 1.82. The lowest BCUT2D eigenvalue weighted by molar-refractivity contribution is -0.380. The molecule has 7 nitrogen and oxygen atoms in total. The third-order valence-corrected chi connectivity index (χ3v) is 3.05. The summed E-state index contributed by atoms with van der Waals surface area (Å²) in [6.07, 6.45) is 4.33. The number of hydrogen-bond acceptors (Lipinski definition) is 6. The Balaban J connectivity index is 1.96. The van der Waals surface area contributed by atoms with Crippen molar-refractivity contribution < 1.29 is 9.72 Å². The molecule has 96 valence electrons. The van der Waals surface area contributed by atoms with Gasteiger partial charge in [0.15, 0.2) is 0 Å². The molecule has 2 aromatic heterocycles. The Morgan fingerprint density at radius 2 is 2.32 bits per heavy atom. The van der Waals surface area contributed by atoms with E-state index in [1.54, 1.807) is 24.4 Å². The van der Waals surface area contributed by atoms with Crippen LogP contribution in [0.15, 0.2) is 41.8 Å². The second-order valence-corrected chi connectivity index (χ2v) is 4.47. The maximum atomic E-state index is 11.6. The van der Waals surface area contributed by atoms with Gasteiger partial charge in [0.05, 0.1) is 21.6 Å². The maximum Gasteiger partial charge on any atom is 0.324 e. The Bertz CT molecular complexity index is 624. The number of nitro groups is 1. The van der Waals surface area contributed by atoms with Crippen molar-refractivity contribution in [3.63, 3.8) is 0 Å². The minimum absolute atomic E-state index is 0.0278. The number of hydrazone groups is 1. The van der Waals surface area contributed by atoms with E-state index in [1.807, 2.05) is 0 Å². The molecule has 1 N–H and O–H groups in total. The first-order valence-corrected chi connectivity index (χ1v) is 5.96. The number of carbonyl (C=O) groups is 1. The van der Waals surface area contributed by atoms with Gasteiger partial charge in [-0.05, 0) is 18.2 Å². The number of rotatable bonds is 4. The molecule has 0 saturated heterocycles. The Labute approximate surface area is 111 Å². The van der Waals surface area contributed by atoms with E-state index >= 15 is 0 Å². The summed E-state index contributed by atoms with van der Waals surface area (Å²) in [6.45, 7) is 0. The zero-order chi connectivity index (χ0) is 13.7. The summed E-state index contributed by atoms with van der Waals surface area (Å²) in [5.74, 6) is -0.393. The van der Waals surface area contributed by atoms with E-state index in [-0.39, 0.29) is 5.00 Å². The topological polar surface area (TPSA) is 97.5 Å². The normalized spacial score (nSPS) is 10.5. The number of amides is 1.